The van der Waals surface area contributed by atoms with Gasteiger partial charge in [0, 0.05) is 19.1 Å². The van der Waals surface area contributed by atoms with Gasteiger partial charge in [-0.2, -0.15) is 0 Å². The fourth-order valence-corrected chi connectivity index (χ4v) is 2.23. The molecule has 1 saturated heterocycles. The van der Waals surface area contributed by atoms with Crippen molar-refractivity contribution in [3.8, 4) is 0 Å². The van der Waals surface area contributed by atoms with E-state index in [4.69, 9.17) is 0 Å². The van der Waals surface area contributed by atoms with Crippen molar-refractivity contribution in [2.45, 2.75) is 46.1 Å². The second-order valence-corrected chi connectivity index (χ2v) is 4.62. The lowest BCUT2D eigenvalue weighted by Crippen LogP contribution is -2.40. The highest BCUT2D eigenvalue weighted by Gasteiger charge is 2.12. The van der Waals surface area contributed by atoms with Gasteiger partial charge in [-0.15, -0.1) is 0 Å². The molecule has 2 nitrogen and oxygen atoms in total. The SMILES string of the molecule is CCN(CCN1CCCCC1)C(C)C. The normalized spacial score (nSPS) is 19.5. The minimum atomic E-state index is 0.699. The molecule has 1 aliphatic heterocycles. The van der Waals surface area contributed by atoms with Gasteiger partial charge in [0.2, 0.25) is 0 Å². The summed E-state index contributed by atoms with van der Waals surface area (Å²) >= 11 is 0. The van der Waals surface area contributed by atoms with Gasteiger partial charge in [0.15, 0.2) is 0 Å². The van der Waals surface area contributed by atoms with Gasteiger partial charge in [-0.25, -0.2) is 0 Å². The van der Waals surface area contributed by atoms with Crippen LogP contribution in [0.2, 0.25) is 0 Å². The van der Waals surface area contributed by atoms with Gasteiger partial charge in [0.25, 0.3) is 0 Å². The second kappa shape index (κ2) is 6.41. The fourth-order valence-electron chi connectivity index (χ4n) is 2.23. The number of hydrogen-bond acceptors (Lipinski definition) is 2. The molecule has 1 aliphatic rings. The number of rotatable bonds is 5. The zero-order valence-electron chi connectivity index (χ0n) is 10.1. The van der Waals surface area contributed by atoms with E-state index in [0.29, 0.717) is 6.04 Å². The van der Waals surface area contributed by atoms with Crippen LogP contribution in [0.1, 0.15) is 40.0 Å². The zero-order chi connectivity index (χ0) is 10.4. The summed E-state index contributed by atoms with van der Waals surface area (Å²) in [6.07, 6.45) is 4.26. The topological polar surface area (TPSA) is 6.48 Å². The van der Waals surface area contributed by atoms with Gasteiger partial charge >= 0.3 is 0 Å². The smallest absolute Gasteiger partial charge is 0.0112 e. The predicted octanol–water partition coefficient (Wildman–Crippen LogP) is 2.20. The van der Waals surface area contributed by atoms with Crippen LogP contribution in [0.3, 0.4) is 0 Å². The van der Waals surface area contributed by atoms with Crippen LogP contribution in [0, 0.1) is 0 Å². The molecule has 0 radical (unpaired) electrons. The maximum Gasteiger partial charge on any atom is 0.0112 e. The summed E-state index contributed by atoms with van der Waals surface area (Å²) in [4.78, 5) is 5.17. The number of hydrogen-bond donors (Lipinski definition) is 0. The van der Waals surface area contributed by atoms with Crippen LogP contribution < -0.4 is 0 Å². The Kier molecular flexibility index (Phi) is 5.49. The Bertz CT molecular complexity index is 139. The molecule has 0 aromatic heterocycles. The molecule has 1 fully saturated rings. The number of likely N-dealkylation sites (tertiary alicyclic amines) is 1. The monoisotopic (exact) mass is 198 g/mol. The molecule has 0 spiro atoms. The summed E-state index contributed by atoms with van der Waals surface area (Å²) in [5.41, 5.74) is 0. The lowest BCUT2D eigenvalue weighted by Gasteiger charge is -2.31. The van der Waals surface area contributed by atoms with E-state index < -0.39 is 0 Å². The van der Waals surface area contributed by atoms with Gasteiger partial charge in [-0.05, 0) is 46.3 Å². The van der Waals surface area contributed by atoms with Crippen molar-refractivity contribution in [3.63, 3.8) is 0 Å². The second-order valence-electron chi connectivity index (χ2n) is 4.62. The first-order valence-corrected chi connectivity index (χ1v) is 6.20. The Morgan fingerprint density at radius 2 is 1.79 bits per heavy atom. The Balaban J connectivity index is 2.16. The van der Waals surface area contributed by atoms with Gasteiger partial charge in [-0.3, -0.25) is 4.90 Å². The molecule has 0 atom stereocenters. The molecular weight excluding hydrogens is 172 g/mol. The lowest BCUT2D eigenvalue weighted by atomic mass is 10.1. The predicted molar refractivity (Wildman–Crippen MR) is 62.7 cm³/mol. The summed E-state index contributed by atoms with van der Waals surface area (Å²) in [5, 5.41) is 0. The van der Waals surface area contributed by atoms with E-state index in [1.165, 1.54) is 52.0 Å². The average molecular weight is 198 g/mol. The third-order valence-corrected chi connectivity index (χ3v) is 3.29. The van der Waals surface area contributed by atoms with Crippen molar-refractivity contribution in [1.82, 2.24) is 9.80 Å². The highest BCUT2D eigenvalue weighted by Crippen LogP contribution is 2.08. The highest BCUT2D eigenvalue weighted by atomic mass is 15.2. The van der Waals surface area contributed by atoms with Crippen LogP contribution in [-0.4, -0.2) is 48.6 Å². The Morgan fingerprint density at radius 3 is 2.29 bits per heavy atom. The molecule has 0 aromatic rings. The Morgan fingerprint density at radius 1 is 1.14 bits per heavy atom. The number of nitrogens with zero attached hydrogens (tertiary/aromatic N) is 2. The van der Waals surface area contributed by atoms with Crippen molar-refractivity contribution in [1.29, 1.82) is 0 Å². The van der Waals surface area contributed by atoms with Crippen molar-refractivity contribution in [3.05, 3.63) is 0 Å². The molecule has 0 N–H and O–H groups in total. The molecule has 0 unspecified atom stereocenters. The molecular formula is C12H26N2. The first-order chi connectivity index (χ1) is 6.74. The van der Waals surface area contributed by atoms with Gasteiger partial charge < -0.3 is 4.90 Å². The quantitative estimate of drug-likeness (QED) is 0.668. The van der Waals surface area contributed by atoms with E-state index in [9.17, 15) is 0 Å². The maximum absolute atomic E-state index is 2.62. The molecule has 0 aromatic carbocycles. The summed E-state index contributed by atoms with van der Waals surface area (Å²) in [6, 6.07) is 0.699. The molecule has 0 amide bonds. The fraction of sp³-hybridized carbons (Fsp3) is 1.00. The van der Waals surface area contributed by atoms with Crippen molar-refractivity contribution >= 4 is 0 Å². The maximum atomic E-state index is 2.62. The minimum absolute atomic E-state index is 0.699. The van der Waals surface area contributed by atoms with E-state index in [-0.39, 0.29) is 0 Å². The van der Waals surface area contributed by atoms with E-state index in [2.05, 4.69) is 30.6 Å². The average Bonchev–Trinajstić information content (AvgIpc) is 2.20. The number of likely N-dealkylation sites (N-methyl/N-ethyl adjacent to an activating group) is 1. The van der Waals surface area contributed by atoms with E-state index in [1.54, 1.807) is 0 Å². The first-order valence-electron chi connectivity index (χ1n) is 6.20. The van der Waals surface area contributed by atoms with Crippen LogP contribution in [0.15, 0.2) is 0 Å². The minimum Gasteiger partial charge on any atom is -0.302 e. The largest absolute Gasteiger partial charge is 0.302 e. The van der Waals surface area contributed by atoms with E-state index in [1.807, 2.05) is 0 Å². The van der Waals surface area contributed by atoms with Crippen molar-refractivity contribution in [2.75, 3.05) is 32.7 Å². The summed E-state index contributed by atoms with van der Waals surface area (Å²) in [5.74, 6) is 0. The summed E-state index contributed by atoms with van der Waals surface area (Å²) in [6.45, 7) is 13.2. The van der Waals surface area contributed by atoms with Crippen LogP contribution in [0.4, 0.5) is 0 Å². The van der Waals surface area contributed by atoms with Gasteiger partial charge in [-0.1, -0.05) is 13.3 Å². The van der Waals surface area contributed by atoms with Crippen molar-refractivity contribution < 1.29 is 0 Å². The van der Waals surface area contributed by atoms with Gasteiger partial charge in [0.1, 0.15) is 0 Å². The van der Waals surface area contributed by atoms with E-state index in [0.717, 1.165) is 0 Å². The van der Waals surface area contributed by atoms with Crippen LogP contribution in [-0.2, 0) is 0 Å². The van der Waals surface area contributed by atoms with Gasteiger partial charge in [0.05, 0.1) is 0 Å². The van der Waals surface area contributed by atoms with Crippen molar-refractivity contribution in [2.24, 2.45) is 0 Å². The summed E-state index contributed by atoms with van der Waals surface area (Å²) < 4.78 is 0. The Hall–Kier alpha value is -0.0800. The molecule has 0 bridgehead atoms. The van der Waals surface area contributed by atoms with E-state index >= 15 is 0 Å². The molecule has 84 valence electrons. The lowest BCUT2D eigenvalue weighted by molar-refractivity contribution is 0.165. The number of piperidine rings is 1. The van der Waals surface area contributed by atoms with Crippen LogP contribution in [0.25, 0.3) is 0 Å². The third-order valence-electron chi connectivity index (χ3n) is 3.29. The highest BCUT2D eigenvalue weighted by molar-refractivity contribution is 4.68. The van der Waals surface area contributed by atoms with Crippen LogP contribution >= 0.6 is 0 Å². The van der Waals surface area contributed by atoms with Crippen LogP contribution in [0.5, 0.6) is 0 Å². The first kappa shape index (κ1) is 12.0. The molecule has 14 heavy (non-hydrogen) atoms. The third kappa shape index (κ3) is 3.97. The zero-order valence-corrected chi connectivity index (χ0v) is 10.1. The Labute approximate surface area is 89.3 Å². The molecule has 1 rings (SSSR count). The standard InChI is InChI=1S/C12H26N2/c1-4-14(12(2)3)11-10-13-8-6-5-7-9-13/h12H,4-11H2,1-3H3. The molecule has 0 aliphatic carbocycles. The summed E-state index contributed by atoms with van der Waals surface area (Å²) in [7, 11) is 0. The molecule has 1 heterocycles. The molecule has 2 heteroatoms. The molecule has 0 saturated carbocycles.